The van der Waals surface area contributed by atoms with E-state index in [-0.39, 0.29) is 0 Å². The third kappa shape index (κ3) is 3.54. The van der Waals surface area contributed by atoms with Crippen molar-refractivity contribution >= 4 is 22.8 Å². The molecule has 0 aliphatic carbocycles. The number of hydrogen-bond donors (Lipinski definition) is 0. The summed E-state index contributed by atoms with van der Waals surface area (Å²) < 4.78 is 20.9. The summed E-state index contributed by atoms with van der Waals surface area (Å²) in [5.41, 5.74) is 2.75. The van der Waals surface area contributed by atoms with Crippen molar-refractivity contribution in [2.24, 2.45) is 0 Å². The summed E-state index contributed by atoms with van der Waals surface area (Å²) >= 11 is 0. The Balaban J connectivity index is 1.99. The number of rotatable bonds is 7. The molecule has 0 aliphatic heterocycles. The molecule has 0 spiro atoms. The molecule has 6 rings (SSSR count). The fourth-order valence-electron chi connectivity index (χ4n) is 6.42. The second-order valence-corrected chi connectivity index (χ2v) is 14.1. The molecule has 39 heavy (non-hydrogen) atoms. The minimum atomic E-state index is -4.97. The molecule has 0 nitrogen and oxygen atoms in total. The van der Waals surface area contributed by atoms with Crippen LogP contribution in [0.2, 0.25) is 0 Å². The van der Waals surface area contributed by atoms with E-state index in [0.29, 0.717) is 15.9 Å². The van der Waals surface area contributed by atoms with Crippen LogP contribution in [0.4, 0.5) is 4.20 Å². The monoisotopic (exact) mass is 524 g/mol. The molecular weight excluding hydrogens is 494 g/mol. The zero-order valence-electron chi connectivity index (χ0n) is 21.6. The molecule has 0 N–H and O–H groups in total. The number of hydrogen-bond acceptors (Lipinski definition) is 0. The second kappa shape index (κ2) is 10.1. The van der Waals surface area contributed by atoms with E-state index in [1.165, 1.54) is 0 Å². The van der Waals surface area contributed by atoms with Crippen LogP contribution in [-0.2, 0) is 5.16 Å². The van der Waals surface area contributed by atoms with Gasteiger partial charge in [-0.15, -0.1) is 0 Å². The van der Waals surface area contributed by atoms with E-state index in [4.69, 9.17) is 0 Å². The Morgan fingerprint density at radius 3 is 0.744 bits per heavy atom. The van der Waals surface area contributed by atoms with Gasteiger partial charge >= 0.3 is 231 Å². The molecule has 190 valence electrons. The molecule has 2 heteroatoms. The van der Waals surface area contributed by atoms with Gasteiger partial charge in [-0.1, -0.05) is 0 Å². The van der Waals surface area contributed by atoms with Crippen molar-refractivity contribution in [3.05, 3.63) is 199 Å². The van der Waals surface area contributed by atoms with Crippen molar-refractivity contribution in [3.63, 3.8) is 0 Å². The standard InChI is InChI=1S/C37H30FP/c38-39(34-25-13-4-14-26-34,35-27-15-5-16-28-35,36-29-17-6-18-30-36)37(31-19-7-1-8-20-31,32-21-9-2-10-22-32)33-23-11-3-12-24-33/h1-30H. The third-order valence-corrected chi connectivity index (χ3v) is 13.8. The predicted octanol–water partition coefficient (Wildman–Crippen LogP) is 8.39. The molecule has 0 radical (unpaired) electrons. The first kappa shape index (κ1) is 25.0. The van der Waals surface area contributed by atoms with Gasteiger partial charge in [0.1, 0.15) is 0 Å². The molecule has 0 saturated carbocycles. The summed E-state index contributed by atoms with van der Waals surface area (Å²) in [5.74, 6) is 0. The van der Waals surface area contributed by atoms with Gasteiger partial charge in [-0.25, -0.2) is 0 Å². The van der Waals surface area contributed by atoms with E-state index in [9.17, 15) is 0 Å². The molecule has 6 aromatic carbocycles. The first-order chi connectivity index (χ1) is 19.2. The average Bonchev–Trinajstić information content (AvgIpc) is 3.04. The van der Waals surface area contributed by atoms with Gasteiger partial charge in [0.05, 0.1) is 0 Å². The summed E-state index contributed by atoms with van der Waals surface area (Å²) in [5, 5.41) is 0.881. The van der Waals surface area contributed by atoms with Gasteiger partial charge in [-0.2, -0.15) is 0 Å². The summed E-state index contributed by atoms with van der Waals surface area (Å²) in [6.45, 7) is -4.97. The summed E-state index contributed by atoms with van der Waals surface area (Å²) in [4.78, 5) is 0. The molecule has 0 atom stereocenters. The van der Waals surface area contributed by atoms with E-state index >= 15 is 4.20 Å². The van der Waals surface area contributed by atoms with E-state index in [2.05, 4.69) is 36.4 Å². The number of benzene rings is 6. The maximum absolute atomic E-state index is 20.9. The molecule has 0 heterocycles. The third-order valence-electron chi connectivity index (χ3n) is 7.93. The van der Waals surface area contributed by atoms with Crippen molar-refractivity contribution in [1.29, 1.82) is 0 Å². The summed E-state index contributed by atoms with van der Waals surface area (Å²) in [6, 6.07) is 60.4. The minimum absolute atomic E-state index is 0.692. The maximum atomic E-state index is 20.9. The Morgan fingerprint density at radius 1 is 0.308 bits per heavy atom. The van der Waals surface area contributed by atoms with E-state index < -0.39 is 12.1 Å². The van der Waals surface area contributed by atoms with Gasteiger partial charge in [0, 0.05) is 0 Å². The van der Waals surface area contributed by atoms with Crippen LogP contribution in [0.25, 0.3) is 0 Å². The Bertz CT molecular complexity index is 1440. The first-order valence-corrected chi connectivity index (χ1v) is 15.4. The van der Waals surface area contributed by atoms with Crippen LogP contribution in [-0.4, -0.2) is 0 Å². The van der Waals surface area contributed by atoms with Gasteiger partial charge in [-0.05, 0) is 0 Å². The number of halogens is 1. The zero-order chi connectivity index (χ0) is 26.6. The summed E-state index contributed by atoms with van der Waals surface area (Å²) in [7, 11) is 0. The van der Waals surface area contributed by atoms with Crippen LogP contribution in [0.1, 0.15) is 16.7 Å². The van der Waals surface area contributed by atoms with E-state index in [1.54, 1.807) is 0 Å². The normalized spacial score (nSPS) is 12.8. The van der Waals surface area contributed by atoms with Crippen molar-refractivity contribution in [3.8, 4) is 0 Å². The van der Waals surface area contributed by atoms with Gasteiger partial charge in [0.15, 0.2) is 0 Å². The molecule has 0 fully saturated rings. The SMILES string of the molecule is FP(c1ccccc1)(c1ccccc1)(c1ccccc1)C(c1ccccc1)(c1ccccc1)c1ccccc1. The van der Waals surface area contributed by atoms with Crippen LogP contribution in [0.15, 0.2) is 182 Å². The fraction of sp³-hybridized carbons (Fsp3) is 0.0270. The van der Waals surface area contributed by atoms with Crippen molar-refractivity contribution in [2.75, 3.05) is 0 Å². The molecule has 0 unspecified atom stereocenters. The van der Waals surface area contributed by atoms with E-state index in [1.807, 2.05) is 146 Å². The van der Waals surface area contributed by atoms with Crippen molar-refractivity contribution in [2.45, 2.75) is 5.16 Å². The molecule has 0 saturated heterocycles. The second-order valence-electron chi connectivity index (χ2n) is 9.82. The Kier molecular flexibility index (Phi) is 6.47. The van der Waals surface area contributed by atoms with Crippen LogP contribution in [0.3, 0.4) is 0 Å². The van der Waals surface area contributed by atoms with Crippen LogP contribution < -0.4 is 15.9 Å². The quantitative estimate of drug-likeness (QED) is 0.145. The Labute approximate surface area is 230 Å². The van der Waals surface area contributed by atoms with Crippen LogP contribution in [0, 0.1) is 0 Å². The van der Waals surface area contributed by atoms with Gasteiger partial charge in [0.25, 0.3) is 0 Å². The molecule has 0 bridgehead atoms. The topological polar surface area (TPSA) is 0 Å². The van der Waals surface area contributed by atoms with Crippen LogP contribution in [0.5, 0.6) is 0 Å². The van der Waals surface area contributed by atoms with Gasteiger partial charge in [-0.3, -0.25) is 0 Å². The summed E-state index contributed by atoms with van der Waals surface area (Å²) in [6.07, 6.45) is 0. The predicted molar refractivity (Wildman–Crippen MR) is 165 cm³/mol. The van der Waals surface area contributed by atoms with Crippen molar-refractivity contribution < 1.29 is 4.20 Å². The average molecular weight is 525 g/mol. The molecule has 0 aromatic heterocycles. The molecule has 6 aromatic rings. The first-order valence-electron chi connectivity index (χ1n) is 13.3. The van der Waals surface area contributed by atoms with E-state index in [0.717, 1.165) is 16.7 Å². The van der Waals surface area contributed by atoms with Gasteiger partial charge < -0.3 is 0 Å². The van der Waals surface area contributed by atoms with Crippen molar-refractivity contribution in [1.82, 2.24) is 0 Å². The Morgan fingerprint density at radius 2 is 0.513 bits per heavy atom. The Hall–Kier alpha value is -4.32. The fourth-order valence-corrected chi connectivity index (χ4v) is 12.6. The van der Waals surface area contributed by atoms with Crippen LogP contribution >= 0.6 is 6.91 Å². The zero-order valence-corrected chi connectivity index (χ0v) is 22.5. The molecule has 0 aliphatic rings. The molecule has 0 amide bonds. The van der Waals surface area contributed by atoms with Gasteiger partial charge in [0.2, 0.25) is 0 Å². The molecular formula is C37H30FP.